The van der Waals surface area contributed by atoms with Gasteiger partial charge >= 0.3 is 0 Å². The number of methoxy groups -OCH3 is 1. The monoisotopic (exact) mass is 337 g/mol. The maximum absolute atomic E-state index is 12.3. The van der Waals surface area contributed by atoms with Crippen LogP contribution in [0.15, 0.2) is 29.2 Å². The molecule has 0 unspecified atom stereocenters. The highest BCUT2D eigenvalue weighted by Crippen LogP contribution is 2.32. The van der Waals surface area contributed by atoms with Crippen molar-refractivity contribution in [2.45, 2.75) is 13.3 Å². The SMILES string of the molecule is CCCOc1ccc(/C=C2/SC(=S)N(CCOC)C2=O)cc1. The van der Waals surface area contributed by atoms with Crippen LogP contribution in [0.2, 0.25) is 0 Å². The van der Waals surface area contributed by atoms with Crippen molar-refractivity contribution < 1.29 is 14.3 Å². The third-order valence-corrected chi connectivity index (χ3v) is 4.42. The lowest BCUT2D eigenvalue weighted by Crippen LogP contribution is -2.31. The summed E-state index contributed by atoms with van der Waals surface area (Å²) in [7, 11) is 1.61. The van der Waals surface area contributed by atoms with Crippen molar-refractivity contribution in [3.05, 3.63) is 34.7 Å². The predicted molar refractivity (Wildman–Crippen MR) is 94.0 cm³/mol. The molecule has 1 saturated heterocycles. The topological polar surface area (TPSA) is 38.8 Å². The van der Waals surface area contributed by atoms with E-state index in [9.17, 15) is 4.79 Å². The van der Waals surface area contributed by atoms with Crippen LogP contribution in [0.25, 0.3) is 6.08 Å². The second-order valence-corrected chi connectivity index (χ2v) is 6.42. The van der Waals surface area contributed by atoms with Crippen LogP contribution in [0.1, 0.15) is 18.9 Å². The Balaban J connectivity index is 2.06. The standard InChI is InChI=1S/C16H19NO3S2/c1-3-9-20-13-6-4-12(5-7-13)11-14-15(18)17(8-10-19-2)16(21)22-14/h4-7,11H,3,8-10H2,1-2H3/b14-11+. The molecule has 4 nitrogen and oxygen atoms in total. The summed E-state index contributed by atoms with van der Waals surface area (Å²) in [6.45, 7) is 3.74. The van der Waals surface area contributed by atoms with Crippen molar-refractivity contribution in [1.29, 1.82) is 0 Å². The summed E-state index contributed by atoms with van der Waals surface area (Å²) in [5.41, 5.74) is 0.955. The highest BCUT2D eigenvalue weighted by molar-refractivity contribution is 8.26. The lowest BCUT2D eigenvalue weighted by molar-refractivity contribution is -0.122. The number of thioether (sulfide) groups is 1. The Morgan fingerprint density at radius 2 is 2.00 bits per heavy atom. The normalized spacial score (nSPS) is 16.6. The molecule has 0 atom stereocenters. The van der Waals surface area contributed by atoms with E-state index in [1.54, 1.807) is 12.0 Å². The smallest absolute Gasteiger partial charge is 0.266 e. The first-order valence-electron chi connectivity index (χ1n) is 7.13. The molecule has 1 amide bonds. The van der Waals surface area contributed by atoms with E-state index in [1.165, 1.54) is 11.8 Å². The molecule has 22 heavy (non-hydrogen) atoms. The van der Waals surface area contributed by atoms with E-state index in [4.69, 9.17) is 21.7 Å². The first-order chi connectivity index (χ1) is 10.7. The molecule has 6 heteroatoms. The van der Waals surface area contributed by atoms with Gasteiger partial charge in [0.05, 0.1) is 24.7 Å². The number of benzene rings is 1. The molecule has 0 spiro atoms. The van der Waals surface area contributed by atoms with Gasteiger partial charge in [0.15, 0.2) is 0 Å². The fourth-order valence-corrected chi connectivity index (χ4v) is 3.22. The van der Waals surface area contributed by atoms with E-state index < -0.39 is 0 Å². The first-order valence-corrected chi connectivity index (χ1v) is 8.35. The highest BCUT2D eigenvalue weighted by atomic mass is 32.2. The summed E-state index contributed by atoms with van der Waals surface area (Å²) in [5, 5.41) is 0. The summed E-state index contributed by atoms with van der Waals surface area (Å²) in [6, 6.07) is 7.69. The van der Waals surface area contributed by atoms with E-state index in [0.29, 0.717) is 29.0 Å². The van der Waals surface area contributed by atoms with Crippen LogP contribution in [-0.4, -0.2) is 42.0 Å². The van der Waals surface area contributed by atoms with Gasteiger partial charge in [-0.15, -0.1) is 0 Å². The van der Waals surface area contributed by atoms with Crippen molar-refractivity contribution in [2.24, 2.45) is 0 Å². The number of amides is 1. The average molecular weight is 337 g/mol. The fraction of sp³-hybridized carbons (Fsp3) is 0.375. The van der Waals surface area contributed by atoms with E-state index in [2.05, 4.69) is 6.92 Å². The number of thiocarbonyl (C=S) groups is 1. The molecular formula is C16H19NO3S2. The van der Waals surface area contributed by atoms with Gasteiger partial charge in [-0.1, -0.05) is 43.0 Å². The summed E-state index contributed by atoms with van der Waals surface area (Å²) in [4.78, 5) is 14.5. The summed E-state index contributed by atoms with van der Waals surface area (Å²) in [6.07, 6.45) is 2.83. The number of carbonyl (C=O) groups excluding carboxylic acids is 1. The second-order valence-electron chi connectivity index (χ2n) is 4.74. The van der Waals surface area contributed by atoms with E-state index in [0.717, 1.165) is 17.7 Å². The first kappa shape index (κ1) is 17.0. The molecule has 1 heterocycles. The van der Waals surface area contributed by atoms with Crippen molar-refractivity contribution >= 4 is 40.3 Å². The Hall–Kier alpha value is -1.37. The third-order valence-electron chi connectivity index (χ3n) is 3.04. The Kier molecular flexibility index (Phi) is 6.42. The molecule has 2 rings (SSSR count). The number of ether oxygens (including phenoxy) is 2. The number of hydrogen-bond acceptors (Lipinski definition) is 5. The molecule has 0 N–H and O–H groups in total. The minimum atomic E-state index is -0.0571. The number of carbonyl (C=O) groups is 1. The maximum Gasteiger partial charge on any atom is 0.266 e. The van der Waals surface area contributed by atoms with Crippen LogP contribution in [-0.2, 0) is 9.53 Å². The molecule has 0 aliphatic carbocycles. The highest BCUT2D eigenvalue weighted by Gasteiger charge is 2.31. The van der Waals surface area contributed by atoms with Crippen LogP contribution >= 0.6 is 24.0 Å². The molecule has 0 bridgehead atoms. The van der Waals surface area contributed by atoms with Gasteiger partial charge in [-0.25, -0.2) is 0 Å². The van der Waals surface area contributed by atoms with E-state index in [-0.39, 0.29) is 5.91 Å². The molecular weight excluding hydrogens is 318 g/mol. The molecule has 1 aromatic carbocycles. The molecule has 0 aromatic heterocycles. The molecule has 0 saturated carbocycles. The van der Waals surface area contributed by atoms with Gasteiger partial charge in [-0.05, 0) is 30.2 Å². The third kappa shape index (κ3) is 4.32. The van der Waals surface area contributed by atoms with Crippen molar-refractivity contribution in [2.75, 3.05) is 26.9 Å². The maximum atomic E-state index is 12.3. The van der Waals surface area contributed by atoms with E-state index in [1.807, 2.05) is 30.3 Å². The van der Waals surface area contributed by atoms with E-state index >= 15 is 0 Å². The van der Waals surface area contributed by atoms with Gasteiger partial charge in [-0.3, -0.25) is 9.69 Å². The van der Waals surface area contributed by atoms with Gasteiger partial charge in [0.2, 0.25) is 0 Å². The lowest BCUT2D eigenvalue weighted by Gasteiger charge is -2.12. The van der Waals surface area contributed by atoms with Gasteiger partial charge in [0.1, 0.15) is 10.1 Å². The van der Waals surface area contributed by atoms with Gasteiger partial charge in [-0.2, -0.15) is 0 Å². The largest absolute Gasteiger partial charge is 0.494 e. The summed E-state index contributed by atoms with van der Waals surface area (Å²) >= 11 is 6.57. The molecule has 118 valence electrons. The van der Waals surface area contributed by atoms with Crippen molar-refractivity contribution in [3.8, 4) is 5.75 Å². The zero-order chi connectivity index (χ0) is 15.9. The second kappa shape index (κ2) is 8.31. The molecule has 1 aliphatic heterocycles. The average Bonchev–Trinajstić information content (AvgIpc) is 2.79. The minimum absolute atomic E-state index is 0.0571. The number of nitrogens with zero attached hydrogens (tertiary/aromatic N) is 1. The quantitative estimate of drug-likeness (QED) is 0.564. The predicted octanol–water partition coefficient (Wildman–Crippen LogP) is 3.32. The molecule has 1 aromatic rings. The molecule has 1 aliphatic rings. The zero-order valence-electron chi connectivity index (χ0n) is 12.7. The zero-order valence-corrected chi connectivity index (χ0v) is 14.3. The summed E-state index contributed by atoms with van der Waals surface area (Å²) in [5.74, 6) is 0.782. The summed E-state index contributed by atoms with van der Waals surface area (Å²) < 4.78 is 11.1. The number of rotatable bonds is 7. The number of hydrogen-bond donors (Lipinski definition) is 0. The van der Waals surface area contributed by atoms with Gasteiger partial charge in [0, 0.05) is 7.11 Å². The fourth-order valence-electron chi connectivity index (χ4n) is 1.91. The molecule has 0 radical (unpaired) electrons. The Morgan fingerprint density at radius 3 is 2.64 bits per heavy atom. The minimum Gasteiger partial charge on any atom is -0.494 e. The van der Waals surface area contributed by atoms with Crippen LogP contribution < -0.4 is 4.74 Å². The molecule has 1 fully saturated rings. The van der Waals surface area contributed by atoms with Crippen molar-refractivity contribution in [1.82, 2.24) is 4.90 Å². The Labute approximate surface area is 140 Å². The van der Waals surface area contributed by atoms with Crippen LogP contribution in [0, 0.1) is 0 Å². The lowest BCUT2D eigenvalue weighted by atomic mass is 10.2. The Bertz CT molecular complexity index is 569. The van der Waals surface area contributed by atoms with Gasteiger partial charge < -0.3 is 9.47 Å². The van der Waals surface area contributed by atoms with Crippen LogP contribution in [0.5, 0.6) is 5.75 Å². The Morgan fingerprint density at radius 1 is 1.27 bits per heavy atom. The van der Waals surface area contributed by atoms with Crippen LogP contribution in [0.3, 0.4) is 0 Å². The van der Waals surface area contributed by atoms with Gasteiger partial charge in [0.25, 0.3) is 5.91 Å². The van der Waals surface area contributed by atoms with Crippen LogP contribution in [0.4, 0.5) is 0 Å². The van der Waals surface area contributed by atoms with Crippen molar-refractivity contribution in [3.63, 3.8) is 0 Å².